The molecule has 0 aliphatic heterocycles. The summed E-state index contributed by atoms with van der Waals surface area (Å²) in [6.07, 6.45) is 0. The molecule has 0 saturated carbocycles. The number of fused-ring (bicyclic) bond motifs is 12. The highest BCUT2D eigenvalue weighted by Gasteiger charge is 2.25. The van der Waals surface area contributed by atoms with Gasteiger partial charge in [0, 0.05) is 48.7 Å². The van der Waals surface area contributed by atoms with Gasteiger partial charge in [-0.1, -0.05) is 78.9 Å². The zero-order chi connectivity index (χ0) is 38.6. The van der Waals surface area contributed by atoms with Gasteiger partial charge in [-0.25, -0.2) is 0 Å². The average molecular weight is 740 g/mol. The molecule has 0 radical (unpaired) electrons. The summed E-state index contributed by atoms with van der Waals surface area (Å²) in [6.45, 7) is 0. The minimum absolute atomic E-state index is 0.402. The first-order valence-electron chi connectivity index (χ1n) is 18.8. The molecule has 4 heterocycles. The third-order valence-electron chi connectivity index (χ3n) is 11.6. The van der Waals surface area contributed by atoms with Crippen molar-refractivity contribution >= 4 is 87.5 Å². The minimum Gasteiger partial charge on any atom is -0.456 e. The van der Waals surface area contributed by atoms with E-state index >= 15 is 0 Å². The highest BCUT2D eigenvalue weighted by atomic mass is 16.3. The molecule has 0 saturated heterocycles. The molecule has 0 amide bonds. The molecule has 7 nitrogen and oxygen atoms in total. The SMILES string of the molecule is N#Cc1ccc(-c2c(C#N)ccc(C#N)c2-n2c3ccccc3c3cc4oc5ccccc5c4cc32)cc1-n1c2ccccc2c2cc3oc4ccccc4c3cc21. The lowest BCUT2D eigenvalue weighted by atomic mass is 9.93. The summed E-state index contributed by atoms with van der Waals surface area (Å²) in [6, 6.07) is 57.2. The first kappa shape index (κ1) is 31.7. The molecular formula is C51H25N5O2. The molecule has 266 valence electrons. The van der Waals surface area contributed by atoms with Gasteiger partial charge in [0.25, 0.3) is 0 Å². The molecule has 8 aromatic carbocycles. The lowest BCUT2D eigenvalue weighted by Gasteiger charge is -2.19. The first-order chi connectivity index (χ1) is 28.6. The number of benzene rings is 8. The van der Waals surface area contributed by atoms with Crippen molar-refractivity contribution in [1.29, 1.82) is 15.8 Å². The molecule has 0 bridgehead atoms. The molecular weight excluding hydrogens is 715 g/mol. The molecule has 0 aliphatic rings. The maximum absolute atomic E-state index is 10.8. The van der Waals surface area contributed by atoms with E-state index in [2.05, 4.69) is 81.9 Å². The van der Waals surface area contributed by atoms with Gasteiger partial charge in [0.2, 0.25) is 0 Å². The van der Waals surface area contributed by atoms with Gasteiger partial charge in [-0.2, -0.15) is 15.8 Å². The summed E-state index contributed by atoms with van der Waals surface area (Å²) < 4.78 is 16.9. The van der Waals surface area contributed by atoms with Crippen molar-refractivity contribution < 1.29 is 8.83 Å². The zero-order valence-electron chi connectivity index (χ0n) is 30.5. The monoisotopic (exact) mass is 739 g/mol. The van der Waals surface area contributed by atoms with E-state index in [1.54, 1.807) is 12.1 Å². The smallest absolute Gasteiger partial charge is 0.136 e. The molecule has 4 aromatic heterocycles. The van der Waals surface area contributed by atoms with Crippen molar-refractivity contribution in [1.82, 2.24) is 9.13 Å². The maximum atomic E-state index is 10.8. The van der Waals surface area contributed by atoms with E-state index in [1.807, 2.05) is 84.9 Å². The van der Waals surface area contributed by atoms with Crippen LogP contribution in [0.15, 0.2) is 160 Å². The van der Waals surface area contributed by atoms with Gasteiger partial charge in [-0.05, 0) is 78.4 Å². The summed E-state index contributed by atoms with van der Waals surface area (Å²) in [5.74, 6) is 0. The number of hydrogen-bond acceptors (Lipinski definition) is 5. The fraction of sp³-hybridized carbons (Fsp3) is 0. The van der Waals surface area contributed by atoms with E-state index in [0.717, 1.165) is 87.5 Å². The van der Waals surface area contributed by atoms with Crippen LogP contribution in [0.3, 0.4) is 0 Å². The van der Waals surface area contributed by atoms with Gasteiger partial charge in [0.1, 0.15) is 34.5 Å². The van der Waals surface area contributed by atoms with Crippen molar-refractivity contribution in [2.45, 2.75) is 0 Å². The van der Waals surface area contributed by atoms with Gasteiger partial charge >= 0.3 is 0 Å². The van der Waals surface area contributed by atoms with Crippen LogP contribution in [0.25, 0.3) is 110 Å². The quantitative estimate of drug-likeness (QED) is 0.179. The summed E-state index contributed by atoms with van der Waals surface area (Å²) >= 11 is 0. The van der Waals surface area contributed by atoms with E-state index < -0.39 is 0 Å². The average Bonchev–Trinajstić information content (AvgIpc) is 4.01. The van der Waals surface area contributed by atoms with E-state index in [9.17, 15) is 15.8 Å². The van der Waals surface area contributed by atoms with Crippen LogP contribution in [0, 0.1) is 34.0 Å². The number of nitrogens with zero attached hydrogens (tertiary/aromatic N) is 5. The standard InChI is InChI=1S/C51H25N5O2/c52-26-30-18-17-29(21-43(30)55-41-13-5-1-9-33(41)37-24-48-39(22-44(37)55)35-11-3-7-15-46(35)57-48)50-31(27-53)19-20-32(28-54)51(50)56-42-14-6-2-10-34(42)38-25-49-40(23-45(38)56)36-12-4-8-16-47(36)58-49/h1-25H. The predicted molar refractivity (Wildman–Crippen MR) is 229 cm³/mol. The van der Waals surface area contributed by atoms with Gasteiger partial charge in [0.05, 0.1) is 56.2 Å². The van der Waals surface area contributed by atoms with E-state index in [0.29, 0.717) is 39.2 Å². The van der Waals surface area contributed by atoms with Gasteiger partial charge in [0.15, 0.2) is 0 Å². The summed E-state index contributed by atoms with van der Waals surface area (Å²) in [4.78, 5) is 0. The van der Waals surface area contributed by atoms with E-state index in [1.165, 1.54) is 0 Å². The largest absolute Gasteiger partial charge is 0.456 e. The Morgan fingerprint density at radius 1 is 0.362 bits per heavy atom. The molecule has 12 aromatic rings. The lowest BCUT2D eigenvalue weighted by molar-refractivity contribution is 0.669. The molecule has 0 fully saturated rings. The van der Waals surface area contributed by atoms with Crippen LogP contribution in [-0.4, -0.2) is 9.13 Å². The Kier molecular flexibility index (Phi) is 6.41. The third-order valence-corrected chi connectivity index (χ3v) is 11.6. The maximum Gasteiger partial charge on any atom is 0.136 e. The molecule has 12 rings (SSSR count). The van der Waals surface area contributed by atoms with Crippen molar-refractivity contribution in [3.8, 4) is 40.7 Å². The zero-order valence-corrected chi connectivity index (χ0v) is 30.5. The number of para-hydroxylation sites is 4. The minimum atomic E-state index is 0.402. The van der Waals surface area contributed by atoms with Crippen LogP contribution in [0.2, 0.25) is 0 Å². The van der Waals surface area contributed by atoms with Crippen LogP contribution in [0.4, 0.5) is 0 Å². The molecule has 0 aliphatic carbocycles. The van der Waals surface area contributed by atoms with Crippen LogP contribution >= 0.6 is 0 Å². The Hall–Kier alpha value is -8.57. The number of aromatic nitrogens is 2. The fourth-order valence-corrected chi connectivity index (χ4v) is 9.14. The van der Waals surface area contributed by atoms with Crippen molar-refractivity contribution in [3.63, 3.8) is 0 Å². The summed E-state index contributed by atoms with van der Waals surface area (Å²) in [5.41, 5.74) is 10.6. The molecule has 0 atom stereocenters. The predicted octanol–water partition coefficient (Wildman–Crippen LogP) is 13.0. The number of nitriles is 3. The normalized spacial score (nSPS) is 11.7. The highest BCUT2D eigenvalue weighted by molar-refractivity contribution is 6.19. The molecule has 0 N–H and O–H groups in total. The Bertz CT molecular complexity index is 3910. The Morgan fingerprint density at radius 3 is 1.43 bits per heavy atom. The van der Waals surface area contributed by atoms with E-state index in [4.69, 9.17) is 8.83 Å². The van der Waals surface area contributed by atoms with Crippen molar-refractivity contribution in [2.24, 2.45) is 0 Å². The summed E-state index contributed by atoms with van der Waals surface area (Å²) in [7, 11) is 0. The number of rotatable bonds is 3. The molecule has 0 unspecified atom stereocenters. The summed E-state index contributed by atoms with van der Waals surface area (Å²) in [5, 5.41) is 40.2. The van der Waals surface area contributed by atoms with Gasteiger partial charge in [-0.15, -0.1) is 0 Å². The second-order valence-electron chi connectivity index (χ2n) is 14.6. The topological polar surface area (TPSA) is 108 Å². The Labute approximate surface area is 329 Å². The van der Waals surface area contributed by atoms with Crippen molar-refractivity contribution in [2.75, 3.05) is 0 Å². The van der Waals surface area contributed by atoms with Crippen LogP contribution < -0.4 is 0 Å². The van der Waals surface area contributed by atoms with E-state index in [-0.39, 0.29) is 0 Å². The molecule has 58 heavy (non-hydrogen) atoms. The first-order valence-corrected chi connectivity index (χ1v) is 18.8. The molecule has 0 spiro atoms. The van der Waals surface area contributed by atoms with Gasteiger partial charge < -0.3 is 18.0 Å². The lowest BCUT2D eigenvalue weighted by Crippen LogP contribution is -2.04. The van der Waals surface area contributed by atoms with Crippen LogP contribution in [0.1, 0.15) is 16.7 Å². The Balaban J connectivity index is 1.19. The highest BCUT2D eigenvalue weighted by Crippen LogP contribution is 2.44. The third kappa shape index (κ3) is 4.23. The second kappa shape index (κ2) is 11.7. The van der Waals surface area contributed by atoms with Gasteiger partial charge in [-0.3, -0.25) is 0 Å². The second-order valence-corrected chi connectivity index (χ2v) is 14.6. The van der Waals surface area contributed by atoms with Crippen molar-refractivity contribution in [3.05, 3.63) is 168 Å². The fourth-order valence-electron chi connectivity index (χ4n) is 9.14. The number of furan rings is 2. The van der Waals surface area contributed by atoms with Crippen LogP contribution in [-0.2, 0) is 0 Å². The number of hydrogen-bond donors (Lipinski definition) is 0. The molecule has 7 heteroatoms. The van der Waals surface area contributed by atoms with Crippen LogP contribution in [0.5, 0.6) is 0 Å². The Morgan fingerprint density at radius 2 is 0.845 bits per heavy atom.